The van der Waals surface area contributed by atoms with Crippen molar-refractivity contribution in [1.29, 1.82) is 0 Å². The third-order valence-corrected chi connectivity index (χ3v) is 5.43. The van der Waals surface area contributed by atoms with Gasteiger partial charge in [-0.2, -0.15) is 0 Å². The molecule has 1 aromatic heterocycles. The second-order valence-electron chi connectivity index (χ2n) is 4.15. The highest BCUT2D eigenvalue weighted by Gasteiger charge is 2.28. The molecule has 0 fully saturated rings. The zero-order valence-corrected chi connectivity index (χ0v) is 12.8. The van der Waals surface area contributed by atoms with Crippen molar-refractivity contribution < 1.29 is 22.3 Å². The van der Waals surface area contributed by atoms with E-state index in [0.717, 1.165) is 24.5 Å². The van der Waals surface area contributed by atoms with E-state index in [0.29, 0.717) is 5.56 Å². The van der Waals surface area contributed by atoms with Gasteiger partial charge in [-0.1, -0.05) is 12.1 Å². The number of sulfonamides is 1. The Bertz CT molecular complexity index is 783. The molecule has 0 unspecified atom stereocenters. The van der Waals surface area contributed by atoms with Gasteiger partial charge in [-0.25, -0.2) is 17.6 Å². The first-order valence-corrected chi connectivity index (χ1v) is 8.17. The maximum absolute atomic E-state index is 13.6. The Labute approximate surface area is 125 Å². The van der Waals surface area contributed by atoms with Crippen LogP contribution in [0.15, 0.2) is 34.5 Å². The van der Waals surface area contributed by atoms with Gasteiger partial charge in [0.25, 0.3) is 10.0 Å². The molecule has 1 N–H and O–H groups in total. The lowest BCUT2D eigenvalue weighted by Crippen LogP contribution is -2.17. The standard InChI is InChI=1S/C13H12FNO4S2/c1-8-7-20-11(13(16)19-2)12(8)21(17,18)15-10-6-4-3-5-9(10)14/h3-7,15H,1-2H3. The van der Waals surface area contributed by atoms with Gasteiger partial charge < -0.3 is 4.74 Å². The fraction of sp³-hybridized carbons (Fsp3) is 0.154. The topological polar surface area (TPSA) is 72.5 Å². The zero-order valence-electron chi connectivity index (χ0n) is 11.2. The molecule has 0 aliphatic rings. The molecule has 0 aliphatic heterocycles. The largest absolute Gasteiger partial charge is 0.465 e. The summed E-state index contributed by atoms with van der Waals surface area (Å²) in [6.07, 6.45) is 0. The van der Waals surface area contributed by atoms with Crippen LogP contribution in [0.25, 0.3) is 0 Å². The Morgan fingerprint density at radius 2 is 2.00 bits per heavy atom. The molecule has 112 valence electrons. The van der Waals surface area contributed by atoms with Gasteiger partial charge in [0, 0.05) is 0 Å². The highest BCUT2D eigenvalue weighted by molar-refractivity contribution is 7.93. The molecule has 2 aromatic rings. The highest BCUT2D eigenvalue weighted by atomic mass is 32.2. The second kappa shape index (κ2) is 5.82. The maximum Gasteiger partial charge on any atom is 0.349 e. The molecule has 1 heterocycles. The van der Waals surface area contributed by atoms with Gasteiger partial charge in [-0.05, 0) is 30.0 Å². The summed E-state index contributed by atoms with van der Waals surface area (Å²) in [4.78, 5) is 11.4. The molecule has 0 atom stereocenters. The number of aryl methyl sites for hydroxylation is 1. The van der Waals surface area contributed by atoms with E-state index in [2.05, 4.69) is 9.46 Å². The number of thiophene rings is 1. The van der Waals surface area contributed by atoms with Crippen LogP contribution in [0, 0.1) is 12.7 Å². The van der Waals surface area contributed by atoms with Gasteiger partial charge in [0.15, 0.2) is 0 Å². The van der Waals surface area contributed by atoms with Crippen molar-refractivity contribution in [3.05, 3.63) is 45.9 Å². The average molecular weight is 329 g/mol. The molecule has 0 radical (unpaired) electrons. The Balaban J connectivity index is 2.48. The zero-order chi connectivity index (χ0) is 15.6. The lowest BCUT2D eigenvalue weighted by molar-refractivity contribution is 0.0602. The summed E-state index contributed by atoms with van der Waals surface area (Å²) in [6, 6.07) is 5.39. The number of para-hydroxylation sites is 1. The molecule has 8 heteroatoms. The van der Waals surface area contributed by atoms with Crippen molar-refractivity contribution in [3.8, 4) is 0 Å². The summed E-state index contributed by atoms with van der Waals surface area (Å²) in [6.45, 7) is 1.55. The molecule has 0 bridgehead atoms. The summed E-state index contributed by atoms with van der Waals surface area (Å²) in [5, 5.41) is 1.53. The SMILES string of the molecule is COC(=O)c1scc(C)c1S(=O)(=O)Nc1ccccc1F. The lowest BCUT2D eigenvalue weighted by atomic mass is 10.3. The number of methoxy groups -OCH3 is 1. The summed E-state index contributed by atoms with van der Waals surface area (Å²) in [7, 11) is -2.92. The minimum Gasteiger partial charge on any atom is -0.465 e. The van der Waals surface area contributed by atoms with Crippen LogP contribution in [-0.2, 0) is 14.8 Å². The van der Waals surface area contributed by atoms with Crippen molar-refractivity contribution in [3.63, 3.8) is 0 Å². The molecule has 0 saturated carbocycles. The Morgan fingerprint density at radius 3 is 2.62 bits per heavy atom. The van der Waals surface area contributed by atoms with Crippen molar-refractivity contribution >= 4 is 33.0 Å². The van der Waals surface area contributed by atoms with Crippen LogP contribution in [-0.4, -0.2) is 21.5 Å². The van der Waals surface area contributed by atoms with E-state index >= 15 is 0 Å². The van der Waals surface area contributed by atoms with Crippen LogP contribution >= 0.6 is 11.3 Å². The number of hydrogen-bond acceptors (Lipinski definition) is 5. The summed E-state index contributed by atoms with van der Waals surface area (Å²) < 4.78 is 45.1. The molecular weight excluding hydrogens is 317 g/mol. The van der Waals surface area contributed by atoms with Gasteiger partial charge >= 0.3 is 5.97 Å². The van der Waals surface area contributed by atoms with Crippen LogP contribution in [0.2, 0.25) is 0 Å². The van der Waals surface area contributed by atoms with E-state index in [1.165, 1.54) is 23.6 Å². The Kier molecular flexibility index (Phi) is 4.29. The normalized spacial score (nSPS) is 11.2. The smallest absolute Gasteiger partial charge is 0.349 e. The third kappa shape index (κ3) is 3.06. The fourth-order valence-electron chi connectivity index (χ4n) is 1.74. The van der Waals surface area contributed by atoms with Crippen LogP contribution in [0.4, 0.5) is 10.1 Å². The Morgan fingerprint density at radius 1 is 1.33 bits per heavy atom. The number of rotatable bonds is 4. The summed E-state index contributed by atoms with van der Waals surface area (Å²) >= 11 is 0.963. The molecule has 0 spiro atoms. The van der Waals surface area contributed by atoms with Gasteiger partial charge in [-0.15, -0.1) is 11.3 Å². The summed E-state index contributed by atoms with van der Waals surface area (Å²) in [5.74, 6) is -1.45. The quantitative estimate of drug-likeness (QED) is 0.876. The Hall–Kier alpha value is -1.93. The van der Waals surface area contributed by atoms with Crippen molar-refractivity contribution in [2.75, 3.05) is 11.8 Å². The monoisotopic (exact) mass is 329 g/mol. The summed E-state index contributed by atoms with van der Waals surface area (Å²) in [5.41, 5.74) is 0.211. The van der Waals surface area contributed by atoms with E-state index in [1.54, 1.807) is 6.92 Å². The molecular formula is C13H12FNO4S2. The number of halogens is 1. The van der Waals surface area contributed by atoms with E-state index in [4.69, 9.17) is 0 Å². The van der Waals surface area contributed by atoms with E-state index in [9.17, 15) is 17.6 Å². The lowest BCUT2D eigenvalue weighted by Gasteiger charge is -2.10. The minimum atomic E-state index is -4.09. The first kappa shape index (κ1) is 15.5. The first-order valence-electron chi connectivity index (χ1n) is 5.80. The van der Waals surface area contributed by atoms with Crippen LogP contribution in [0.3, 0.4) is 0 Å². The van der Waals surface area contributed by atoms with E-state index < -0.39 is 21.8 Å². The van der Waals surface area contributed by atoms with Crippen molar-refractivity contribution in [2.24, 2.45) is 0 Å². The number of ether oxygens (including phenoxy) is 1. The molecule has 0 amide bonds. The fourth-order valence-corrected chi connectivity index (χ4v) is 4.52. The molecule has 5 nitrogen and oxygen atoms in total. The number of carbonyl (C=O) groups is 1. The second-order valence-corrected chi connectivity index (χ2v) is 6.65. The highest BCUT2D eigenvalue weighted by Crippen LogP contribution is 2.29. The molecule has 21 heavy (non-hydrogen) atoms. The average Bonchev–Trinajstić information content (AvgIpc) is 2.83. The van der Waals surface area contributed by atoms with Gasteiger partial charge in [0.1, 0.15) is 15.6 Å². The third-order valence-electron chi connectivity index (χ3n) is 2.68. The van der Waals surface area contributed by atoms with Crippen molar-refractivity contribution in [2.45, 2.75) is 11.8 Å². The van der Waals surface area contributed by atoms with Gasteiger partial charge in [0.2, 0.25) is 0 Å². The minimum absolute atomic E-state index is 0.0427. The molecule has 1 aromatic carbocycles. The van der Waals surface area contributed by atoms with Gasteiger partial charge in [0.05, 0.1) is 12.8 Å². The van der Waals surface area contributed by atoms with Crippen molar-refractivity contribution in [1.82, 2.24) is 0 Å². The number of benzene rings is 1. The maximum atomic E-state index is 13.6. The number of hydrogen-bond donors (Lipinski definition) is 1. The van der Waals surface area contributed by atoms with E-state index in [1.807, 2.05) is 0 Å². The predicted octanol–water partition coefficient (Wildman–Crippen LogP) is 2.78. The molecule has 0 saturated heterocycles. The predicted molar refractivity (Wildman–Crippen MR) is 77.6 cm³/mol. The van der Waals surface area contributed by atoms with Crippen LogP contribution < -0.4 is 4.72 Å². The van der Waals surface area contributed by atoms with E-state index in [-0.39, 0.29) is 15.5 Å². The van der Waals surface area contributed by atoms with Gasteiger partial charge in [-0.3, -0.25) is 4.72 Å². The molecule has 2 rings (SSSR count). The number of esters is 1. The van der Waals surface area contributed by atoms with Crippen LogP contribution in [0.5, 0.6) is 0 Å². The van der Waals surface area contributed by atoms with Crippen LogP contribution in [0.1, 0.15) is 15.2 Å². The number of nitrogens with one attached hydrogen (secondary N) is 1. The number of anilines is 1. The number of carbonyl (C=O) groups excluding carboxylic acids is 1. The molecule has 0 aliphatic carbocycles. The first-order chi connectivity index (χ1) is 9.86.